The van der Waals surface area contributed by atoms with E-state index < -0.39 is 5.97 Å². The molecule has 4 aromatic rings. The number of benzene rings is 2. The number of rotatable bonds is 4. The van der Waals surface area contributed by atoms with Gasteiger partial charge in [-0.2, -0.15) is 5.10 Å². The van der Waals surface area contributed by atoms with Gasteiger partial charge in [-0.25, -0.2) is 14.8 Å². The number of aromatic amines is 1. The van der Waals surface area contributed by atoms with Crippen LogP contribution in [0.1, 0.15) is 10.4 Å². The van der Waals surface area contributed by atoms with E-state index in [2.05, 4.69) is 25.5 Å². The van der Waals surface area contributed by atoms with Crippen molar-refractivity contribution in [1.82, 2.24) is 20.2 Å². The summed E-state index contributed by atoms with van der Waals surface area (Å²) in [6.07, 6.45) is 3.44. The van der Waals surface area contributed by atoms with E-state index in [9.17, 15) is 4.79 Å². The van der Waals surface area contributed by atoms with Crippen molar-refractivity contribution in [2.45, 2.75) is 0 Å². The lowest BCUT2D eigenvalue weighted by atomic mass is 10.1. The number of carbonyl (C=O) groups excluding carboxylic acids is 1. The van der Waals surface area contributed by atoms with Crippen LogP contribution in [0.5, 0.6) is 0 Å². The minimum Gasteiger partial charge on any atom is -0.465 e. The maximum Gasteiger partial charge on any atom is 0.337 e. The maximum atomic E-state index is 11.7. The van der Waals surface area contributed by atoms with Crippen molar-refractivity contribution in [3.8, 4) is 11.4 Å². The predicted octanol–water partition coefficient (Wildman–Crippen LogP) is 3.55. The van der Waals surface area contributed by atoms with Gasteiger partial charge in [0.05, 0.1) is 24.4 Å². The van der Waals surface area contributed by atoms with Gasteiger partial charge in [0.2, 0.25) is 0 Å². The van der Waals surface area contributed by atoms with Crippen LogP contribution in [0.3, 0.4) is 0 Å². The number of hydrogen-bond donors (Lipinski definition) is 2. The Morgan fingerprint density at radius 1 is 1.15 bits per heavy atom. The summed E-state index contributed by atoms with van der Waals surface area (Å²) in [7, 11) is 1.35. The van der Waals surface area contributed by atoms with E-state index >= 15 is 0 Å². The highest BCUT2D eigenvalue weighted by molar-refractivity contribution is 5.90. The van der Waals surface area contributed by atoms with Gasteiger partial charge >= 0.3 is 5.97 Å². The molecule has 7 nitrogen and oxygen atoms in total. The molecule has 0 bridgehead atoms. The minimum atomic E-state index is -0.394. The molecule has 0 aliphatic heterocycles. The molecule has 2 aromatic carbocycles. The highest BCUT2D eigenvalue weighted by Crippen LogP contribution is 2.22. The molecular weight excluding hydrogens is 330 g/mol. The van der Waals surface area contributed by atoms with Crippen LogP contribution in [0.25, 0.3) is 22.3 Å². The van der Waals surface area contributed by atoms with Gasteiger partial charge in [0.25, 0.3) is 0 Å². The largest absolute Gasteiger partial charge is 0.465 e. The van der Waals surface area contributed by atoms with E-state index in [1.807, 2.05) is 24.3 Å². The number of nitrogens with zero attached hydrogens (tertiary/aromatic N) is 3. The Balaban J connectivity index is 1.63. The van der Waals surface area contributed by atoms with Crippen LogP contribution in [0.15, 0.2) is 60.9 Å². The summed E-state index contributed by atoms with van der Waals surface area (Å²) in [5.41, 5.74) is 3.06. The molecule has 0 saturated carbocycles. The summed E-state index contributed by atoms with van der Waals surface area (Å²) in [5.74, 6) is 0.779. The molecule has 7 heteroatoms. The van der Waals surface area contributed by atoms with E-state index in [1.54, 1.807) is 36.7 Å². The normalized spacial score (nSPS) is 10.7. The van der Waals surface area contributed by atoms with Crippen LogP contribution in [-0.4, -0.2) is 33.2 Å². The molecule has 2 heterocycles. The van der Waals surface area contributed by atoms with Gasteiger partial charge in [0, 0.05) is 22.8 Å². The summed E-state index contributed by atoms with van der Waals surface area (Å²) in [6, 6.07) is 14.7. The first-order valence-electron chi connectivity index (χ1n) is 7.95. The fraction of sp³-hybridized carbons (Fsp3) is 0.0526. The van der Waals surface area contributed by atoms with E-state index in [0.29, 0.717) is 17.2 Å². The minimum absolute atomic E-state index is 0.394. The lowest BCUT2D eigenvalue weighted by molar-refractivity contribution is 0.0601. The molecule has 0 spiro atoms. The average molecular weight is 345 g/mol. The lowest BCUT2D eigenvalue weighted by Gasteiger charge is -2.08. The number of ether oxygens (including phenoxy) is 1. The van der Waals surface area contributed by atoms with Crippen molar-refractivity contribution in [3.05, 3.63) is 66.5 Å². The van der Waals surface area contributed by atoms with Gasteiger partial charge in [-0.1, -0.05) is 12.1 Å². The van der Waals surface area contributed by atoms with Gasteiger partial charge in [0.15, 0.2) is 5.82 Å². The second kappa shape index (κ2) is 6.64. The van der Waals surface area contributed by atoms with Crippen LogP contribution in [0.4, 0.5) is 11.5 Å². The molecule has 0 aliphatic carbocycles. The lowest BCUT2D eigenvalue weighted by Crippen LogP contribution is -2.02. The number of methoxy groups -OCH3 is 1. The first-order chi connectivity index (χ1) is 12.7. The van der Waals surface area contributed by atoms with Crippen molar-refractivity contribution in [3.63, 3.8) is 0 Å². The first kappa shape index (κ1) is 15.8. The summed E-state index contributed by atoms with van der Waals surface area (Å²) in [4.78, 5) is 20.5. The van der Waals surface area contributed by atoms with Gasteiger partial charge in [-0.3, -0.25) is 5.10 Å². The number of fused-ring (bicyclic) bond motifs is 1. The van der Waals surface area contributed by atoms with E-state index in [0.717, 1.165) is 22.2 Å². The molecule has 4 rings (SSSR count). The molecule has 0 fully saturated rings. The maximum absolute atomic E-state index is 11.7. The summed E-state index contributed by atoms with van der Waals surface area (Å²) >= 11 is 0. The Kier molecular flexibility index (Phi) is 4.03. The number of anilines is 2. The van der Waals surface area contributed by atoms with Gasteiger partial charge < -0.3 is 10.1 Å². The second-order valence-electron chi connectivity index (χ2n) is 5.63. The van der Waals surface area contributed by atoms with E-state index in [-0.39, 0.29) is 0 Å². The second-order valence-corrected chi connectivity index (χ2v) is 5.63. The SMILES string of the molecule is COC(=O)c1cccc(-c2nccc(Nc3ccc4[nH]ncc4c3)n2)c1. The van der Waals surface area contributed by atoms with Crippen molar-refractivity contribution in [1.29, 1.82) is 0 Å². The highest BCUT2D eigenvalue weighted by atomic mass is 16.5. The number of carbonyl (C=O) groups is 1. The zero-order valence-electron chi connectivity index (χ0n) is 13.9. The predicted molar refractivity (Wildman–Crippen MR) is 98.2 cm³/mol. The third-order valence-corrected chi connectivity index (χ3v) is 3.91. The number of hydrogen-bond acceptors (Lipinski definition) is 6. The number of nitrogens with one attached hydrogen (secondary N) is 2. The smallest absolute Gasteiger partial charge is 0.337 e. The molecular formula is C19H15N5O2. The Bertz CT molecular complexity index is 1090. The van der Waals surface area contributed by atoms with E-state index in [1.165, 1.54) is 7.11 Å². The van der Waals surface area contributed by atoms with Crippen LogP contribution in [-0.2, 0) is 4.74 Å². The molecule has 0 saturated heterocycles. The average Bonchev–Trinajstić information content (AvgIpc) is 3.15. The standard InChI is InChI=1S/C19H15N5O2/c1-26-19(25)13-4-2-3-12(9-13)18-20-8-7-17(23-18)22-15-5-6-16-14(10-15)11-21-24-16/h2-11H,1H3,(H,21,24)(H,20,22,23). The van der Waals surface area contributed by atoms with Gasteiger partial charge in [0.1, 0.15) is 5.82 Å². The molecule has 0 radical (unpaired) electrons. The van der Waals surface area contributed by atoms with Gasteiger partial charge in [-0.05, 0) is 36.4 Å². The number of H-pyrrole nitrogens is 1. The third-order valence-electron chi connectivity index (χ3n) is 3.91. The Labute approximate surface area is 149 Å². The molecule has 0 unspecified atom stereocenters. The van der Waals surface area contributed by atoms with E-state index in [4.69, 9.17) is 4.74 Å². The number of esters is 1. The van der Waals surface area contributed by atoms with Crippen molar-refractivity contribution < 1.29 is 9.53 Å². The molecule has 26 heavy (non-hydrogen) atoms. The highest BCUT2D eigenvalue weighted by Gasteiger charge is 2.09. The third kappa shape index (κ3) is 3.10. The summed E-state index contributed by atoms with van der Waals surface area (Å²) in [5, 5.41) is 11.2. The molecule has 0 atom stereocenters. The van der Waals surface area contributed by atoms with Crippen molar-refractivity contribution in [2.75, 3.05) is 12.4 Å². The molecule has 128 valence electrons. The van der Waals surface area contributed by atoms with Gasteiger partial charge in [-0.15, -0.1) is 0 Å². The van der Waals surface area contributed by atoms with Crippen LogP contribution >= 0.6 is 0 Å². The Hall–Kier alpha value is -3.74. The fourth-order valence-electron chi connectivity index (χ4n) is 2.64. The number of aromatic nitrogens is 4. The van der Waals surface area contributed by atoms with Crippen LogP contribution in [0, 0.1) is 0 Å². The zero-order chi connectivity index (χ0) is 17.9. The quantitative estimate of drug-likeness (QED) is 0.550. The Morgan fingerprint density at radius 3 is 2.96 bits per heavy atom. The van der Waals surface area contributed by atoms with Crippen LogP contribution < -0.4 is 5.32 Å². The van der Waals surface area contributed by atoms with Crippen LogP contribution in [0.2, 0.25) is 0 Å². The zero-order valence-corrected chi connectivity index (χ0v) is 13.9. The summed E-state index contributed by atoms with van der Waals surface area (Å²) in [6.45, 7) is 0. The molecule has 0 amide bonds. The first-order valence-corrected chi connectivity index (χ1v) is 7.95. The molecule has 2 N–H and O–H groups in total. The topological polar surface area (TPSA) is 92.8 Å². The molecule has 0 aliphatic rings. The van der Waals surface area contributed by atoms with Crippen molar-refractivity contribution in [2.24, 2.45) is 0 Å². The monoisotopic (exact) mass is 345 g/mol. The Morgan fingerprint density at radius 2 is 2.08 bits per heavy atom. The fourth-order valence-corrected chi connectivity index (χ4v) is 2.64. The molecule has 2 aromatic heterocycles. The van der Waals surface area contributed by atoms with Crippen molar-refractivity contribution >= 4 is 28.4 Å². The summed E-state index contributed by atoms with van der Waals surface area (Å²) < 4.78 is 4.76.